The molecule has 3 N–H and O–H groups in total. The van der Waals surface area contributed by atoms with Gasteiger partial charge in [-0.25, -0.2) is 14.8 Å². The minimum atomic E-state index is -0.933. The highest BCUT2D eigenvalue weighted by Crippen LogP contribution is 2.33. The third kappa shape index (κ3) is 2.86. The first-order valence-electron chi connectivity index (χ1n) is 7.29. The Balaban J connectivity index is 1.94. The van der Waals surface area contributed by atoms with Gasteiger partial charge in [-0.1, -0.05) is 0 Å². The molecule has 0 aliphatic carbocycles. The second-order valence-corrected chi connectivity index (χ2v) is 6.36. The number of carboxylic acid groups (broad SMARTS) is 1. The van der Waals surface area contributed by atoms with Gasteiger partial charge in [0.2, 0.25) is 0 Å². The standard InChI is InChI=1S/C14H18BrN5O3/c1-23-7-9-3-2-8(6-20(9)14(21)22)13-18-11(15)10-12(16)17-4-5-19(10)13/h4-5,8-9H,2-3,6-7H2,1H3,(H2,16,17)(H,21,22). The molecule has 124 valence electrons. The molecule has 1 aliphatic heterocycles. The number of nitrogen functional groups attached to an aromatic ring is 1. The predicted octanol–water partition coefficient (Wildman–Crippen LogP) is 1.95. The molecule has 0 aromatic carbocycles. The van der Waals surface area contributed by atoms with Crippen LogP contribution < -0.4 is 5.73 Å². The number of amides is 1. The van der Waals surface area contributed by atoms with Gasteiger partial charge in [0.05, 0.1) is 12.6 Å². The summed E-state index contributed by atoms with van der Waals surface area (Å²) in [5.41, 5.74) is 6.63. The highest BCUT2D eigenvalue weighted by atomic mass is 79.9. The van der Waals surface area contributed by atoms with Crippen molar-refractivity contribution in [1.82, 2.24) is 19.3 Å². The van der Waals surface area contributed by atoms with E-state index in [4.69, 9.17) is 10.5 Å². The number of hydrogen-bond acceptors (Lipinski definition) is 5. The zero-order valence-corrected chi connectivity index (χ0v) is 14.2. The number of rotatable bonds is 3. The molecule has 2 atom stereocenters. The summed E-state index contributed by atoms with van der Waals surface area (Å²) in [5, 5.41) is 9.47. The van der Waals surface area contributed by atoms with Crippen LogP contribution in [0.2, 0.25) is 0 Å². The highest BCUT2D eigenvalue weighted by molar-refractivity contribution is 9.10. The molecular weight excluding hydrogens is 366 g/mol. The fourth-order valence-electron chi connectivity index (χ4n) is 3.17. The van der Waals surface area contributed by atoms with Gasteiger partial charge >= 0.3 is 6.09 Å². The van der Waals surface area contributed by atoms with Gasteiger partial charge in [-0.3, -0.25) is 4.40 Å². The number of fused-ring (bicyclic) bond motifs is 1. The molecular formula is C14H18BrN5O3. The first kappa shape index (κ1) is 16.0. The summed E-state index contributed by atoms with van der Waals surface area (Å²) in [7, 11) is 1.58. The lowest BCUT2D eigenvalue weighted by molar-refractivity contribution is 0.0543. The fourth-order valence-corrected chi connectivity index (χ4v) is 3.74. The molecule has 1 aliphatic rings. The molecule has 2 aromatic rings. The summed E-state index contributed by atoms with van der Waals surface area (Å²) in [6.07, 6.45) is 4.05. The van der Waals surface area contributed by atoms with Crippen LogP contribution in [0.5, 0.6) is 0 Å². The van der Waals surface area contributed by atoms with Gasteiger partial charge < -0.3 is 20.5 Å². The number of ether oxygens (including phenoxy) is 1. The molecule has 0 saturated carbocycles. The topological polar surface area (TPSA) is 106 Å². The normalized spacial score (nSPS) is 21.7. The molecule has 3 rings (SSSR count). The molecule has 9 heteroatoms. The minimum absolute atomic E-state index is 0.000180. The number of methoxy groups -OCH3 is 1. The van der Waals surface area contributed by atoms with Crippen LogP contribution in [0.1, 0.15) is 24.6 Å². The van der Waals surface area contributed by atoms with Crippen molar-refractivity contribution < 1.29 is 14.6 Å². The van der Waals surface area contributed by atoms with E-state index in [1.807, 2.05) is 4.40 Å². The molecule has 1 saturated heterocycles. The summed E-state index contributed by atoms with van der Waals surface area (Å²) >= 11 is 3.41. The van der Waals surface area contributed by atoms with Crippen molar-refractivity contribution in [3.63, 3.8) is 0 Å². The number of halogens is 1. The number of hydrogen-bond donors (Lipinski definition) is 2. The summed E-state index contributed by atoms with van der Waals surface area (Å²) < 4.78 is 7.64. The molecule has 2 unspecified atom stereocenters. The van der Waals surface area contributed by atoms with Crippen LogP contribution in [0, 0.1) is 0 Å². The first-order chi connectivity index (χ1) is 11.0. The van der Waals surface area contributed by atoms with Gasteiger partial charge in [0.25, 0.3) is 0 Å². The quantitative estimate of drug-likeness (QED) is 0.838. The van der Waals surface area contributed by atoms with Gasteiger partial charge in [-0.2, -0.15) is 0 Å². The predicted molar refractivity (Wildman–Crippen MR) is 87.5 cm³/mol. The number of carbonyl (C=O) groups is 1. The molecule has 1 amide bonds. The Kier molecular flexibility index (Phi) is 4.40. The zero-order chi connectivity index (χ0) is 16.6. The van der Waals surface area contributed by atoms with Crippen LogP contribution in [0.25, 0.3) is 5.52 Å². The van der Waals surface area contributed by atoms with Crippen molar-refractivity contribution in [2.45, 2.75) is 24.8 Å². The molecule has 1 fully saturated rings. The monoisotopic (exact) mass is 383 g/mol. The van der Waals surface area contributed by atoms with E-state index in [0.717, 1.165) is 18.7 Å². The number of piperidine rings is 1. The summed E-state index contributed by atoms with van der Waals surface area (Å²) in [5.74, 6) is 1.18. The molecule has 0 spiro atoms. The van der Waals surface area contributed by atoms with E-state index >= 15 is 0 Å². The number of likely N-dealkylation sites (tertiary alicyclic amines) is 1. The molecule has 23 heavy (non-hydrogen) atoms. The summed E-state index contributed by atoms with van der Waals surface area (Å²) in [6.45, 7) is 0.791. The van der Waals surface area contributed by atoms with Gasteiger partial charge in [-0.15, -0.1) is 0 Å². The summed E-state index contributed by atoms with van der Waals surface area (Å²) in [4.78, 5) is 21.6. The van der Waals surface area contributed by atoms with E-state index in [0.29, 0.717) is 29.1 Å². The lowest BCUT2D eigenvalue weighted by atomic mass is 9.92. The maximum Gasteiger partial charge on any atom is 0.407 e. The second-order valence-electron chi connectivity index (χ2n) is 5.61. The van der Waals surface area contributed by atoms with Crippen molar-refractivity contribution in [3.05, 3.63) is 22.8 Å². The second kappa shape index (κ2) is 6.32. The number of nitrogens with zero attached hydrogens (tertiary/aromatic N) is 4. The van der Waals surface area contributed by atoms with Gasteiger partial charge in [0, 0.05) is 32.0 Å². The van der Waals surface area contributed by atoms with E-state index in [-0.39, 0.29) is 12.0 Å². The number of nitrogens with two attached hydrogens (primary N) is 1. The van der Waals surface area contributed by atoms with Crippen LogP contribution in [-0.4, -0.2) is 56.8 Å². The van der Waals surface area contributed by atoms with E-state index < -0.39 is 6.09 Å². The Morgan fingerprint density at radius 1 is 1.57 bits per heavy atom. The van der Waals surface area contributed by atoms with Crippen LogP contribution in [0.4, 0.5) is 10.6 Å². The van der Waals surface area contributed by atoms with E-state index in [2.05, 4.69) is 25.9 Å². The van der Waals surface area contributed by atoms with E-state index in [1.165, 1.54) is 4.90 Å². The van der Waals surface area contributed by atoms with Crippen molar-refractivity contribution >= 4 is 33.4 Å². The molecule has 8 nitrogen and oxygen atoms in total. The average Bonchev–Trinajstić information content (AvgIpc) is 2.86. The highest BCUT2D eigenvalue weighted by Gasteiger charge is 2.34. The Morgan fingerprint density at radius 3 is 3.04 bits per heavy atom. The van der Waals surface area contributed by atoms with Gasteiger partial charge in [-0.05, 0) is 28.8 Å². The van der Waals surface area contributed by atoms with E-state index in [1.54, 1.807) is 19.5 Å². The fraction of sp³-hybridized carbons (Fsp3) is 0.500. The van der Waals surface area contributed by atoms with Crippen LogP contribution in [-0.2, 0) is 4.74 Å². The largest absolute Gasteiger partial charge is 0.465 e. The maximum absolute atomic E-state index is 11.5. The molecule has 0 radical (unpaired) electrons. The number of anilines is 1. The summed E-state index contributed by atoms with van der Waals surface area (Å²) in [6, 6.07) is -0.116. The third-order valence-corrected chi connectivity index (χ3v) is 4.80. The molecule has 2 aromatic heterocycles. The lowest BCUT2D eigenvalue weighted by Gasteiger charge is -2.37. The lowest BCUT2D eigenvalue weighted by Crippen LogP contribution is -2.48. The Labute approximate surface area is 141 Å². The Bertz CT molecular complexity index is 735. The zero-order valence-electron chi connectivity index (χ0n) is 12.6. The van der Waals surface area contributed by atoms with Crippen LogP contribution in [0.3, 0.4) is 0 Å². The maximum atomic E-state index is 11.5. The number of aromatic nitrogens is 3. The smallest absolute Gasteiger partial charge is 0.407 e. The third-order valence-electron chi connectivity index (χ3n) is 4.24. The molecule has 3 heterocycles. The van der Waals surface area contributed by atoms with Crippen LogP contribution >= 0.6 is 15.9 Å². The van der Waals surface area contributed by atoms with Gasteiger partial charge in [0.15, 0.2) is 5.82 Å². The molecule has 0 bridgehead atoms. The van der Waals surface area contributed by atoms with E-state index in [9.17, 15) is 9.90 Å². The average molecular weight is 384 g/mol. The first-order valence-corrected chi connectivity index (χ1v) is 8.08. The van der Waals surface area contributed by atoms with Gasteiger partial charge in [0.1, 0.15) is 15.9 Å². The van der Waals surface area contributed by atoms with Crippen LogP contribution in [0.15, 0.2) is 17.0 Å². The van der Waals surface area contributed by atoms with Crippen molar-refractivity contribution in [2.75, 3.05) is 26.0 Å². The number of imidazole rings is 1. The Hall–Kier alpha value is -1.87. The SMILES string of the molecule is COCC1CCC(c2nc(Br)c3c(N)nccn23)CN1C(=O)O. The van der Waals surface area contributed by atoms with Crippen molar-refractivity contribution in [3.8, 4) is 0 Å². The minimum Gasteiger partial charge on any atom is -0.465 e. The Morgan fingerprint density at radius 2 is 2.35 bits per heavy atom. The van der Waals surface area contributed by atoms with Crippen molar-refractivity contribution in [1.29, 1.82) is 0 Å². The van der Waals surface area contributed by atoms with Crippen molar-refractivity contribution in [2.24, 2.45) is 0 Å².